The number of hydrogen-bond donors (Lipinski definition) is 0. The van der Waals surface area contributed by atoms with Gasteiger partial charge in [0.15, 0.2) is 5.76 Å². The van der Waals surface area contributed by atoms with Crippen LogP contribution in [-0.4, -0.2) is 10.8 Å². The molecule has 0 amide bonds. The first-order valence-corrected chi connectivity index (χ1v) is 7.35. The number of carbonyl (C=O) groups is 1. The fourth-order valence-corrected chi connectivity index (χ4v) is 2.64. The number of pyridine rings is 1. The Bertz CT molecular complexity index is 1030. The molecule has 0 spiro atoms. The van der Waals surface area contributed by atoms with Gasteiger partial charge in [0.25, 0.3) is 0 Å². The Morgan fingerprint density at radius 3 is 2.78 bits per heavy atom. The molecule has 0 aliphatic rings. The summed E-state index contributed by atoms with van der Waals surface area (Å²) in [4.78, 5) is 16.3. The number of furan rings is 1. The van der Waals surface area contributed by atoms with Gasteiger partial charge < -0.3 is 4.42 Å². The van der Waals surface area contributed by atoms with Crippen LogP contribution < -0.4 is 0 Å². The number of benzene rings is 2. The van der Waals surface area contributed by atoms with E-state index in [0.717, 1.165) is 27.3 Å². The van der Waals surface area contributed by atoms with Crippen molar-refractivity contribution in [2.24, 2.45) is 0 Å². The SMILES string of the molecule is O=C(/C=C/c1cccnc1)c1cc2c(ccc3ccccc32)o1. The Kier molecular flexibility index (Phi) is 3.24. The predicted octanol–water partition coefficient (Wildman–Crippen LogP) is 4.88. The molecule has 0 saturated carbocycles. The van der Waals surface area contributed by atoms with Crippen molar-refractivity contribution in [3.63, 3.8) is 0 Å². The van der Waals surface area contributed by atoms with Crippen molar-refractivity contribution in [1.82, 2.24) is 4.98 Å². The zero-order chi connectivity index (χ0) is 15.6. The highest BCUT2D eigenvalue weighted by Gasteiger charge is 2.11. The topological polar surface area (TPSA) is 43.1 Å². The van der Waals surface area contributed by atoms with Crippen LogP contribution in [0.2, 0.25) is 0 Å². The number of allylic oxidation sites excluding steroid dienone is 1. The minimum Gasteiger partial charge on any atom is -0.453 e. The lowest BCUT2D eigenvalue weighted by Crippen LogP contribution is -1.90. The highest BCUT2D eigenvalue weighted by Crippen LogP contribution is 2.28. The van der Waals surface area contributed by atoms with E-state index in [4.69, 9.17) is 4.42 Å². The van der Waals surface area contributed by atoms with Crippen LogP contribution in [0.5, 0.6) is 0 Å². The lowest BCUT2D eigenvalue weighted by molar-refractivity contribution is 0.102. The van der Waals surface area contributed by atoms with Gasteiger partial charge in [-0.2, -0.15) is 0 Å². The van der Waals surface area contributed by atoms with Gasteiger partial charge in [-0.25, -0.2) is 0 Å². The molecule has 2 aromatic carbocycles. The van der Waals surface area contributed by atoms with Gasteiger partial charge >= 0.3 is 0 Å². The molecule has 2 aromatic heterocycles. The van der Waals surface area contributed by atoms with Crippen molar-refractivity contribution >= 4 is 33.6 Å². The summed E-state index contributed by atoms with van der Waals surface area (Å²) >= 11 is 0. The summed E-state index contributed by atoms with van der Waals surface area (Å²) < 4.78 is 5.71. The van der Waals surface area contributed by atoms with E-state index in [1.165, 1.54) is 6.08 Å². The molecule has 0 N–H and O–H groups in total. The number of ketones is 1. The molecular weight excluding hydrogens is 286 g/mol. The molecular formula is C20H13NO2. The van der Waals surface area contributed by atoms with Crippen molar-refractivity contribution in [3.8, 4) is 0 Å². The van der Waals surface area contributed by atoms with Crippen LogP contribution in [0.25, 0.3) is 27.8 Å². The maximum Gasteiger partial charge on any atom is 0.221 e. The molecule has 3 nitrogen and oxygen atoms in total. The maximum atomic E-state index is 12.3. The predicted molar refractivity (Wildman–Crippen MR) is 91.3 cm³/mol. The van der Waals surface area contributed by atoms with Gasteiger partial charge in [0.2, 0.25) is 5.78 Å². The van der Waals surface area contributed by atoms with E-state index in [1.54, 1.807) is 18.5 Å². The fraction of sp³-hybridized carbons (Fsp3) is 0. The third kappa shape index (κ3) is 2.53. The second kappa shape index (κ2) is 5.54. The van der Waals surface area contributed by atoms with Crippen molar-refractivity contribution in [2.75, 3.05) is 0 Å². The van der Waals surface area contributed by atoms with Crippen LogP contribution in [0.3, 0.4) is 0 Å². The standard InChI is InChI=1S/C20H13NO2/c22-18(9-7-14-4-3-11-21-13-14)20-12-17-16-6-2-1-5-15(16)8-10-19(17)23-20/h1-13H/b9-7+. The average molecular weight is 299 g/mol. The highest BCUT2D eigenvalue weighted by atomic mass is 16.3. The van der Waals surface area contributed by atoms with E-state index >= 15 is 0 Å². The summed E-state index contributed by atoms with van der Waals surface area (Å²) in [6, 6.07) is 17.5. The Morgan fingerprint density at radius 1 is 1.00 bits per heavy atom. The van der Waals surface area contributed by atoms with Crippen LogP contribution in [0.15, 0.2) is 77.5 Å². The zero-order valence-electron chi connectivity index (χ0n) is 12.3. The monoisotopic (exact) mass is 299 g/mol. The van der Waals surface area contributed by atoms with Crippen LogP contribution in [0.4, 0.5) is 0 Å². The molecule has 0 unspecified atom stereocenters. The van der Waals surface area contributed by atoms with E-state index in [-0.39, 0.29) is 5.78 Å². The molecule has 0 atom stereocenters. The van der Waals surface area contributed by atoms with E-state index in [1.807, 2.05) is 54.6 Å². The van der Waals surface area contributed by atoms with E-state index < -0.39 is 0 Å². The normalized spacial score (nSPS) is 11.5. The first-order valence-electron chi connectivity index (χ1n) is 7.35. The molecule has 4 rings (SSSR count). The number of fused-ring (bicyclic) bond motifs is 3. The molecule has 110 valence electrons. The summed E-state index contributed by atoms with van der Waals surface area (Å²) in [5.41, 5.74) is 1.60. The fourth-order valence-electron chi connectivity index (χ4n) is 2.64. The summed E-state index contributed by atoms with van der Waals surface area (Å²) in [6.07, 6.45) is 6.65. The molecule has 0 aliphatic carbocycles. The van der Waals surface area contributed by atoms with Gasteiger partial charge in [-0.1, -0.05) is 36.4 Å². The maximum absolute atomic E-state index is 12.3. The second-order valence-corrected chi connectivity index (χ2v) is 5.29. The Balaban J connectivity index is 1.73. The van der Waals surface area contributed by atoms with Crippen molar-refractivity contribution in [1.29, 1.82) is 0 Å². The number of aromatic nitrogens is 1. The molecule has 0 saturated heterocycles. The van der Waals surface area contributed by atoms with Crippen molar-refractivity contribution in [3.05, 3.63) is 84.4 Å². The smallest absolute Gasteiger partial charge is 0.221 e. The summed E-state index contributed by atoms with van der Waals surface area (Å²) in [5.74, 6) is 0.186. The Morgan fingerprint density at radius 2 is 1.91 bits per heavy atom. The number of carbonyl (C=O) groups excluding carboxylic acids is 1. The third-order valence-corrected chi connectivity index (χ3v) is 3.78. The van der Waals surface area contributed by atoms with Gasteiger partial charge in [-0.15, -0.1) is 0 Å². The van der Waals surface area contributed by atoms with Crippen molar-refractivity contribution in [2.45, 2.75) is 0 Å². The van der Waals surface area contributed by atoms with Gasteiger partial charge in [0, 0.05) is 17.8 Å². The van der Waals surface area contributed by atoms with E-state index in [2.05, 4.69) is 4.98 Å². The number of hydrogen-bond acceptors (Lipinski definition) is 3. The minimum absolute atomic E-state index is 0.158. The molecule has 0 fully saturated rings. The van der Waals surface area contributed by atoms with E-state index in [9.17, 15) is 4.79 Å². The average Bonchev–Trinajstić information content (AvgIpc) is 3.05. The lowest BCUT2D eigenvalue weighted by atomic mass is 10.1. The molecule has 2 heterocycles. The van der Waals surface area contributed by atoms with Gasteiger partial charge in [-0.05, 0) is 46.7 Å². The van der Waals surface area contributed by atoms with Gasteiger partial charge in [-0.3, -0.25) is 9.78 Å². The second-order valence-electron chi connectivity index (χ2n) is 5.29. The Hall–Kier alpha value is -3.20. The highest BCUT2D eigenvalue weighted by molar-refractivity contribution is 6.11. The summed E-state index contributed by atoms with van der Waals surface area (Å²) in [5, 5.41) is 3.18. The Labute approximate surface area is 132 Å². The largest absolute Gasteiger partial charge is 0.453 e. The first kappa shape index (κ1) is 13.5. The van der Waals surface area contributed by atoms with E-state index in [0.29, 0.717) is 5.76 Å². The number of rotatable bonds is 3. The lowest BCUT2D eigenvalue weighted by Gasteiger charge is -1.96. The quantitative estimate of drug-likeness (QED) is 0.400. The molecule has 3 heteroatoms. The molecule has 0 aliphatic heterocycles. The van der Waals surface area contributed by atoms with Crippen LogP contribution in [0, 0.1) is 0 Å². The van der Waals surface area contributed by atoms with Gasteiger partial charge in [0.05, 0.1) is 0 Å². The molecule has 0 radical (unpaired) electrons. The third-order valence-electron chi connectivity index (χ3n) is 3.78. The first-order chi connectivity index (χ1) is 11.3. The summed E-state index contributed by atoms with van der Waals surface area (Å²) in [6.45, 7) is 0. The minimum atomic E-state index is -0.158. The zero-order valence-corrected chi connectivity index (χ0v) is 12.3. The molecule has 23 heavy (non-hydrogen) atoms. The molecule has 4 aromatic rings. The van der Waals surface area contributed by atoms with Crippen molar-refractivity contribution < 1.29 is 9.21 Å². The summed E-state index contributed by atoms with van der Waals surface area (Å²) in [7, 11) is 0. The van der Waals surface area contributed by atoms with Crippen LogP contribution in [-0.2, 0) is 0 Å². The molecule has 0 bridgehead atoms. The van der Waals surface area contributed by atoms with Crippen LogP contribution in [0.1, 0.15) is 16.1 Å². The number of nitrogens with zero attached hydrogens (tertiary/aromatic N) is 1. The van der Waals surface area contributed by atoms with Crippen LogP contribution >= 0.6 is 0 Å². The van der Waals surface area contributed by atoms with Gasteiger partial charge in [0.1, 0.15) is 5.58 Å².